The number of anilines is 1. The molecule has 1 heterocycles. The molecule has 2 amide bonds. The second-order valence-corrected chi connectivity index (χ2v) is 5.81. The van der Waals surface area contributed by atoms with Crippen LogP contribution in [0.3, 0.4) is 0 Å². The molecule has 1 aliphatic heterocycles. The summed E-state index contributed by atoms with van der Waals surface area (Å²) >= 11 is 1.33. The van der Waals surface area contributed by atoms with Gasteiger partial charge in [-0.3, -0.25) is 9.59 Å². The maximum atomic E-state index is 12.0. The van der Waals surface area contributed by atoms with Crippen molar-refractivity contribution >= 4 is 29.3 Å². The highest BCUT2D eigenvalue weighted by Gasteiger charge is 2.18. The Morgan fingerprint density at radius 2 is 2.20 bits per heavy atom. The lowest BCUT2D eigenvalue weighted by atomic mass is 10.1. The third-order valence-electron chi connectivity index (χ3n) is 3.13. The molecule has 2 rings (SSSR count). The van der Waals surface area contributed by atoms with E-state index < -0.39 is 0 Å². The monoisotopic (exact) mass is 293 g/mol. The van der Waals surface area contributed by atoms with E-state index in [0.29, 0.717) is 6.42 Å². The average molecular weight is 293 g/mol. The Hall–Kier alpha value is -1.53. The number of nitrogens with two attached hydrogens (primary N) is 1. The molecule has 1 aromatic carbocycles. The molecule has 1 aromatic rings. The molecule has 1 fully saturated rings. The van der Waals surface area contributed by atoms with Gasteiger partial charge in [-0.15, -0.1) is 11.8 Å². The molecule has 108 valence electrons. The number of hydrogen-bond donors (Lipinski definition) is 3. The van der Waals surface area contributed by atoms with Crippen molar-refractivity contribution in [3.05, 3.63) is 24.3 Å². The first-order chi connectivity index (χ1) is 9.65. The molecule has 1 unspecified atom stereocenters. The van der Waals surface area contributed by atoms with E-state index in [9.17, 15) is 9.59 Å². The fourth-order valence-electron chi connectivity index (χ4n) is 2.20. The van der Waals surface area contributed by atoms with Gasteiger partial charge in [0.1, 0.15) is 0 Å². The molecule has 5 nitrogen and oxygen atoms in total. The van der Waals surface area contributed by atoms with E-state index >= 15 is 0 Å². The Labute approximate surface area is 122 Å². The number of carbonyl (C=O) groups excluding carboxylic acids is 2. The molecule has 0 aliphatic carbocycles. The predicted molar refractivity (Wildman–Crippen MR) is 80.6 cm³/mol. The first kappa shape index (κ1) is 14.9. The van der Waals surface area contributed by atoms with Gasteiger partial charge in [-0.1, -0.05) is 12.1 Å². The van der Waals surface area contributed by atoms with Crippen molar-refractivity contribution in [1.82, 2.24) is 5.32 Å². The quantitative estimate of drug-likeness (QED) is 0.691. The smallest absolute Gasteiger partial charge is 0.227 e. The normalized spacial score (nSPS) is 17.9. The lowest BCUT2D eigenvalue weighted by Gasteiger charge is -2.13. The minimum atomic E-state index is -0.369. The van der Waals surface area contributed by atoms with Gasteiger partial charge in [0.15, 0.2) is 0 Å². The number of thioether (sulfide) groups is 1. The zero-order valence-electron chi connectivity index (χ0n) is 11.2. The van der Waals surface area contributed by atoms with Crippen LogP contribution in [-0.4, -0.2) is 30.2 Å². The number of rotatable bonds is 6. The van der Waals surface area contributed by atoms with Crippen molar-refractivity contribution in [2.24, 2.45) is 5.73 Å². The van der Waals surface area contributed by atoms with Gasteiger partial charge in [0.2, 0.25) is 11.8 Å². The SMILES string of the molecule is NC(=O)CSc1ccccc1NC(=O)CC1CCCN1. The summed E-state index contributed by atoms with van der Waals surface area (Å²) in [4.78, 5) is 23.7. The van der Waals surface area contributed by atoms with E-state index in [0.717, 1.165) is 30.0 Å². The van der Waals surface area contributed by atoms with Crippen LogP contribution in [-0.2, 0) is 9.59 Å². The fourth-order valence-corrected chi connectivity index (χ4v) is 2.95. The summed E-state index contributed by atoms with van der Waals surface area (Å²) in [6.07, 6.45) is 2.66. The van der Waals surface area contributed by atoms with E-state index in [2.05, 4.69) is 10.6 Å². The molecular formula is C14H19N3O2S. The first-order valence-electron chi connectivity index (χ1n) is 6.68. The van der Waals surface area contributed by atoms with Gasteiger partial charge in [0.25, 0.3) is 0 Å². The summed E-state index contributed by atoms with van der Waals surface area (Å²) in [5, 5.41) is 6.21. The number of carbonyl (C=O) groups is 2. The molecule has 0 bridgehead atoms. The van der Waals surface area contributed by atoms with Crippen molar-refractivity contribution < 1.29 is 9.59 Å². The predicted octanol–water partition coefficient (Wildman–Crippen LogP) is 1.34. The maximum absolute atomic E-state index is 12.0. The van der Waals surface area contributed by atoms with Gasteiger partial charge < -0.3 is 16.4 Å². The number of benzene rings is 1. The highest BCUT2D eigenvalue weighted by molar-refractivity contribution is 8.00. The Morgan fingerprint density at radius 3 is 2.90 bits per heavy atom. The van der Waals surface area contributed by atoms with Crippen LogP contribution in [0.2, 0.25) is 0 Å². The summed E-state index contributed by atoms with van der Waals surface area (Å²) < 4.78 is 0. The van der Waals surface area contributed by atoms with Crippen LogP contribution in [0, 0.1) is 0 Å². The minimum absolute atomic E-state index is 0.00322. The Morgan fingerprint density at radius 1 is 1.40 bits per heavy atom. The van der Waals surface area contributed by atoms with E-state index in [1.165, 1.54) is 11.8 Å². The van der Waals surface area contributed by atoms with Crippen molar-refractivity contribution in [3.63, 3.8) is 0 Å². The van der Waals surface area contributed by atoms with Crippen molar-refractivity contribution in [2.45, 2.75) is 30.2 Å². The second kappa shape index (κ2) is 7.31. The van der Waals surface area contributed by atoms with Crippen molar-refractivity contribution in [3.8, 4) is 0 Å². The largest absolute Gasteiger partial charge is 0.369 e. The molecule has 0 radical (unpaired) electrons. The number of nitrogens with one attached hydrogen (secondary N) is 2. The summed E-state index contributed by atoms with van der Waals surface area (Å²) in [7, 11) is 0. The Kier molecular flexibility index (Phi) is 5.43. The standard InChI is InChI=1S/C14H19N3O2S/c15-13(18)9-20-12-6-2-1-5-11(12)17-14(19)8-10-4-3-7-16-10/h1-2,5-6,10,16H,3-4,7-9H2,(H2,15,18)(H,17,19). The van der Waals surface area contributed by atoms with Crippen molar-refractivity contribution in [2.75, 3.05) is 17.6 Å². The zero-order chi connectivity index (χ0) is 14.4. The molecule has 20 heavy (non-hydrogen) atoms. The van der Waals surface area contributed by atoms with Crippen LogP contribution >= 0.6 is 11.8 Å². The van der Waals surface area contributed by atoms with Crippen LogP contribution in [0.4, 0.5) is 5.69 Å². The lowest BCUT2D eigenvalue weighted by Crippen LogP contribution is -2.27. The molecule has 0 spiro atoms. The number of para-hydroxylation sites is 1. The average Bonchev–Trinajstić information content (AvgIpc) is 2.90. The minimum Gasteiger partial charge on any atom is -0.369 e. The molecular weight excluding hydrogens is 274 g/mol. The molecule has 1 atom stereocenters. The molecule has 0 saturated carbocycles. The van der Waals surface area contributed by atoms with Crippen LogP contribution in [0.25, 0.3) is 0 Å². The Balaban J connectivity index is 1.93. The lowest BCUT2D eigenvalue weighted by molar-refractivity contribution is -0.117. The van der Waals surface area contributed by atoms with E-state index in [4.69, 9.17) is 5.73 Å². The summed E-state index contributed by atoms with van der Waals surface area (Å²) in [5.41, 5.74) is 5.88. The highest BCUT2D eigenvalue weighted by Crippen LogP contribution is 2.27. The third kappa shape index (κ3) is 4.54. The van der Waals surface area contributed by atoms with Gasteiger partial charge in [0.05, 0.1) is 11.4 Å². The van der Waals surface area contributed by atoms with Crippen molar-refractivity contribution in [1.29, 1.82) is 0 Å². The highest BCUT2D eigenvalue weighted by atomic mass is 32.2. The van der Waals surface area contributed by atoms with Crippen LogP contribution in [0.1, 0.15) is 19.3 Å². The van der Waals surface area contributed by atoms with E-state index in [1.807, 2.05) is 24.3 Å². The summed E-state index contributed by atoms with van der Waals surface area (Å²) in [5.74, 6) is -0.167. The second-order valence-electron chi connectivity index (χ2n) is 4.80. The first-order valence-corrected chi connectivity index (χ1v) is 7.67. The molecule has 6 heteroatoms. The fraction of sp³-hybridized carbons (Fsp3) is 0.429. The Bertz CT molecular complexity index is 487. The number of amides is 2. The number of hydrogen-bond acceptors (Lipinski definition) is 4. The third-order valence-corrected chi connectivity index (χ3v) is 4.22. The van der Waals surface area contributed by atoms with Gasteiger partial charge in [-0.2, -0.15) is 0 Å². The molecule has 0 aromatic heterocycles. The zero-order valence-corrected chi connectivity index (χ0v) is 12.0. The topological polar surface area (TPSA) is 84.2 Å². The van der Waals surface area contributed by atoms with Gasteiger partial charge in [-0.05, 0) is 31.5 Å². The van der Waals surface area contributed by atoms with Crippen LogP contribution in [0.15, 0.2) is 29.2 Å². The van der Waals surface area contributed by atoms with E-state index in [1.54, 1.807) is 0 Å². The van der Waals surface area contributed by atoms with Gasteiger partial charge in [0, 0.05) is 17.4 Å². The summed E-state index contributed by atoms with van der Waals surface area (Å²) in [6, 6.07) is 7.72. The van der Waals surface area contributed by atoms with Crippen LogP contribution < -0.4 is 16.4 Å². The molecule has 1 aliphatic rings. The molecule has 1 saturated heterocycles. The van der Waals surface area contributed by atoms with Gasteiger partial charge in [-0.25, -0.2) is 0 Å². The maximum Gasteiger partial charge on any atom is 0.227 e. The van der Waals surface area contributed by atoms with E-state index in [-0.39, 0.29) is 23.6 Å². The summed E-state index contributed by atoms with van der Waals surface area (Å²) in [6.45, 7) is 0.989. The van der Waals surface area contributed by atoms with Gasteiger partial charge >= 0.3 is 0 Å². The number of primary amides is 1. The molecule has 4 N–H and O–H groups in total. The van der Waals surface area contributed by atoms with Crippen LogP contribution in [0.5, 0.6) is 0 Å².